The zero-order chi connectivity index (χ0) is 16.4. The molecular formula is C17H19FN2O2S. The van der Waals surface area contributed by atoms with Crippen molar-refractivity contribution in [3.05, 3.63) is 51.2 Å². The van der Waals surface area contributed by atoms with Gasteiger partial charge in [0.25, 0.3) is 5.91 Å². The molecule has 122 valence electrons. The summed E-state index contributed by atoms with van der Waals surface area (Å²) < 4.78 is 12.9. The van der Waals surface area contributed by atoms with Gasteiger partial charge < -0.3 is 10.4 Å². The molecular weight excluding hydrogens is 315 g/mol. The van der Waals surface area contributed by atoms with Crippen molar-refractivity contribution >= 4 is 17.2 Å². The summed E-state index contributed by atoms with van der Waals surface area (Å²) in [7, 11) is 0. The van der Waals surface area contributed by atoms with Crippen LogP contribution in [0.25, 0.3) is 0 Å². The highest BCUT2D eigenvalue weighted by Gasteiger charge is 2.34. The van der Waals surface area contributed by atoms with Gasteiger partial charge in [0.15, 0.2) is 0 Å². The second kappa shape index (κ2) is 6.37. The quantitative estimate of drug-likeness (QED) is 0.884. The van der Waals surface area contributed by atoms with Crippen molar-refractivity contribution in [1.29, 1.82) is 0 Å². The topological polar surface area (TPSA) is 62.2 Å². The smallest absolute Gasteiger partial charge is 0.263 e. The molecule has 1 saturated carbocycles. The number of benzene rings is 1. The van der Waals surface area contributed by atoms with Gasteiger partial charge in [-0.2, -0.15) is 0 Å². The number of carbonyl (C=O) groups is 1. The van der Waals surface area contributed by atoms with E-state index in [4.69, 9.17) is 0 Å². The third-order valence-corrected chi connectivity index (χ3v) is 5.33. The van der Waals surface area contributed by atoms with E-state index in [9.17, 15) is 14.3 Å². The molecule has 1 heterocycles. The Balaban J connectivity index is 1.65. The van der Waals surface area contributed by atoms with E-state index in [0.29, 0.717) is 17.0 Å². The van der Waals surface area contributed by atoms with E-state index in [1.54, 1.807) is 19.1 Å². The highest BCUT2D eigenvalue weighted by Crippen LogP contribution is 2.31. The molecule has 2 aromatic rings. The molecule has 0 bridgehead atoms. The minimum Gasteiger partial charge on any atom is -0.388 e. The first-order chi connectivity index (χ1) is 11.0. The lowest BCUT2D eigenvalue weighted by Crippen LogP contribution is -2.47. The molecule has 0 saturated heterocycles. The van der Waals surface area contributed by atoms with Crippen LogP contribution in [0.5, 0.6) is 0 Å². The highest BCUT2D eigenvalue weighted by atomic mass is 32.1. The van der Waals surface area contributed by atoms with E-state index in [1.165, 1.54) is 23.5 Å². The van der Waals surface area contributed by atoms with Gasteiger partial charge in [-0.05, 0) is 43.9 Å². The SMILES string of the molecule is Cc1nc(Cc2ccc(F)cc2)sc1C(=O)NCC1(O)CCC1. The van der Waals surface area contributed by atoms with Crippen LogP contribution in [0.15, 0.2) is 24.3 Å². The molecule has 1 amide bonds. The Labute approximate surface area is 138 Å². The van der Waals surface area contributed by atoms with E-state index < -0.39 is 5.60 Å². The number of amides is 1. The average molecular weight is 334 g/mol. The van der Waals surface area contributed by atoms with E-state index in [2.05, 4.69) is 10.3 Å². The number of aryl methyl sites for hydroxylation is 1. The van der Waals surface area contributed by atoms with Gasteiger partial charge in [0.2, 0.25) is 0 Å². The van der Waals surface area contributed by atoms with Crippen molar-refractivity contribution in [3.63, 3.8) is 0 Å². The number of rotatable bonds is 5. The molecule has 6 heteroatoms. The Morgan fingerprint density at radius 1 is 1.39 bits per heavy atom. The van der Waals surface area contributed by atoms with Crippen LogP contribution in [0, 0.1) is 12.7 Å². The van der Waals surface area contributed by atoms with Crippen LogP contribution < -0.4 is 5.32 Å². The van der Waals surface area contributed by atoms with Gasteiger partial charge in [-0.25, -0.2) is 9.37 Å². The first-order valence-electron chi connectivity index (χ1n) is 7.66. The van der Waals surface area contributed by atoms with Crippen LogP contribution in [0.2, 0.25) is 0 Å². The highest BCUT2D eigenvalue weighted by molar-refractivity contribution is 7.13. The van der Waals surface area contributed by atoms with Gasteiger partial charge in [-0.1, -0.05) is 12.1 Å². The fourth-order valence-electron chi connectivity index (χ4n) is 2.60. The number of thiazole rings is 1. The minimum atomic E-state index is -0.731. The number of carbonyl (C=O) groups excluding carboxylic acids is 1. The van der Waals surface area contributed by atoms with Crippen molar-refractivity contribution in [2.75, 3.05) is 6.54 Å². The number of nitrogens with zero attached hydrogens (tertiary/aromatic N) is 1. The van der Waals surface area contributed by atoms with Gasteiger partial charge in [0.05, 0.1) is 16.3 Å². The summed E-state index contributed by atoms with van der Waals surface area (Å²) in [5, 5.41) is 13.7. The first-order valence-corrected chi connectivity index (χ1v) is 8.48. The van der Waals surface area contributed by atoms with Crippen molar-refractivity contribution < 1.29 is 14.3 Å². The summed E-state index contributed by atoms with van der Waals surface area (Å²) in [4.78, 5) is 17.3. The molecule has 1 aliphatic rings. The Kier molecular flexibility index (Phi) is 4.46. The molecule has 2 N–H and O–H groups in total. The van der Waals surface area contributed by atoms with Crippen LogP contribution in [-0.4, -0.2) is 28.1 Å². The largest absolute Gasteiger partial charge is 0.388 e. The summed E-state index contributed by atoms with van der Waals surface area (Å²) in [5.41, 5.74) is 0.909. The monoisotopic (exact) mass is 334 g/mol. The van der Waals surface area contributed by atoms with Crippen LogP contribution in [0.4, 0.5) is 4.39 Å². The number of aromatic nitrogens is 1. The lowest BCUT2D eigenvalue weighted by molar-refractivity contribution is -0.0300. The lowest BCUT2D eigenvalue weighted by Gasteiger charge is -2.36. The van der Waals surface area contributed by atoms with Gasteiger partial charge >= 0.3 is 0 Å². The predicted octanol–water partition coefficient (Wildman–Crippen LogP) is 2.83. The number of hydrogen-bond donors (Lipinski definition) is 2. The third kappa shape index (κ3) is 3.76. The standard InChI is InChI=1S/C17H19FN2O2S/c1-11-15(16(21)19-10-17(22)7-2-8-17)23-14(20-11)9-12-3-5-13(18)6-4-12/h3-6,22H,2,7-10H2,1H3,(H,19,21). The van der Waals surface area contributed by atoms with Crippen LogP contribution in [0.1, 0.15) is 45.2 Å². The van der Waals surface area contributed by atoms with Gasteiger partial charge in [-0.3, -0.25) is 4.79 Å². The Hall–Kier alpha value is -1.79. The van der Waals surface area contributed by atoms with Crippen molar-refractivity contribution in [2.45, 2.75) is 38.2 Å². The van der Waals surface area contributed by atoms with Crippen molar-refractivity contribution in [1.82, 2.24) is 10.3 Å². The number of hydrogen-bond acceptors (Lipinski definition) is 4. The maximum Gasteiger partial charge on any atom is 0.263 e. The van der Waals surface area contributed by atoms with Crippen molar-refractivity contribution in [2.24, 2.45) is 0 Å². The molecule has 0 radical (unpaired) electrons. The van der Waals surface area contributed by atoms with Crippen LogP contribution in [0.3, 0.4) is 0 Å². The third-order valence-electron chi connectivity index (χ3n) is 4.18. The van der Waals surface area contributed by atoms with E-state index >= 15 is 0 Å². The van der Waals surface area contributed by atoms with Gasteiger partial charge in [0.1, 0.15) is 10.7 Å². The normalized spacial score (nSPS) is 16.0. The zero-order valence-electron chi connectivity index (χ0n) is 12.9. The summed E-state index contributed by atoms with van der Waals surface area (Å²) in [6.07, 6.45) is 3.06. The maximum atomic E-state index is 12.9. The summed E-state index contributed by atoms with van der Waals surface area (Å²) in [6, 6.07) is 6.28. The maximum absolute atomic E-state index is 12.9. The summed E-state index contributed by atoms with van der Waals surface area (Å²) >= 11 is 1.34. The number of aliphatic hydroxyl groups is 1. The minimum absolute atomic E-state index is 0.189. The van der Waals surface area contributed by atoms with Crippen molar-refractivity contribution in [3.8, 4) is 0 Å². The molecule has 1 fully saturated rings. The molecule has 1 aromatic heterocycles. The zero-order valence-corrected chi connectivity index (χ0v) is 13.8. The second-order valence-corrected chi connectivity index (χ2v) is 7.17. The number of nitrogens with one attached hydrogen (secondary N) is 1. The molecule has 1 aliphatic carbocycles. The molecule has 23 heavy (non-hydrogen) atoms. The van der Waals surface area contributed by atoms with Crippen LogP contribution in [-0.2, 0) is 6.42 Å². The molecule has 1 aromatic carbocycles. The van der Waals surface area contributed by atoms with Gasteiger partial charge in [0, 0.05) is 13.0 Å². The predicted molar refractivity (Wildman–Crippen MR) is 87.2 cm³/mol. The number of halogens is 1. The Bertz CT molecular complexity index is 708. The lowest BCUT2D eigenvalue weighted by atomic mass is 9.80. The molecule has 3 rings (SSSR count). The Morgan fingerprint density at radius 2 is 2.09 bits per heavy atom. The summed E-state index contributed by atoms with van der Waals surface area (Å²) in [5.74, 6) is -0.455. The average Bonchev–Trinajstić information content (AvgIpc) is 2.86. The fraction of sp³-hybridized carbons (Fsp3) is 0.412. The molecule has 0 spiro atoms. The molecule has 0 unspecified atom stereocenters. The van der Waals surface area contributed by atoms with E-state index in [-0.39, 0.29) is 18.3 Å². The molecule has 4 nitrogen and oxygen atoms in total. The van der Waals surface area contributed by atoms with Crippen LogP contribution >= 0.6 is 11.3 Å². The fourth-order valence-corrected chi connectivity index (χ4v) is 3.62. The second-order valence-electron chi connectivity index (χ2n) is 6.09. The molecule has 0 atom stereocenters. The Morgan fingerprint density at radius 3 is 2.70 bits per heavy atom. The van der Waals surface area contributed by atoms with Gasteiger partial charge in [-0.15, -0.1) is 11.3 Å². The van der Waals surface area contributed by atoms with E-state index in [0.717, 1.165) is 29.8 Å². The van der Waals surface area contributed by atoms with E-state index in [1.807, 2.05) is 0 Å². The first kappa shape index (κ1) is 16.1. The molecule has 0 aliphatic heterocycles. The summed E-state index contributed by atoms with van der Waals surface area (Å²) in [6.45, 7) is 2.09.